The Morgan fingerprint density at radius 1 is 1.33 bits per heavy atom. The minimum Gasteiger partial charge on any atom is -0.312 e. The van der Waals surface area contributed by atoms with Gasteiger partial charge in [-0.15, -0.1) is 0 Å². The third-order valence-electron chi connectivity index (χ3n) is 3.34. The second kappa shape index (κ2) is 4.84. The Morgan fingerprint density at radius 2 is 1.93 bits per heavy atom. The summed E-state index contributed by atoms with van der Waals surface area (Å²) in [5.41, 5.74) is 0.279. The lowest BCUT2D eigenvalue weighted by Gasteiger charge is -2.40. The molecular formula is C13H28N2. The van der Waals surface area contributed by atoms with Crippen molar-refractivity contribution in [2.24, 2.45) is 5.92 Å². The minimum absolute atomic E-state index is 0.279. The first kappa shape index (κ1) is 13.0. The lowest BCUT2D eigenvalue weighted by Crippen LogP contribution is -2.50. The quantitative estimate of drug-likeness (QED) is 0.773. The predicted octanol–water partition coefficient (Wildman–Crippen LogP) is 2.49. The first-order chi connectivity index (χ1) is 6.80. The molecule has 0 bridgehead atoms. The fraction of sp³-hybridized carbons (Fsp3) is 1.00. The van der Waals surface area contributed by atoms with Crippen LogP contribution < -0.4 is 5.32 Å². The molecule has 0 spiro atoms. The van der Waals surface area contributed by atoms with Crippen molar-refractivity contribution >= 4 is 0 Å². The van der Waals surface area contributed by atoms with E-state index in [1.165, 1.54) is 19.5 Å². The van der Waals surface area contributed by atoms with Gasteiger partial charge in [-0.1, -0.05) is 6.92 Å². The second-order valence-electron chi connectivity index (χ2n) is 6.36. The van der Waals surface area contributed by atoms with Crippen LogP contribution in [0.3, 0.4) is 0 Å². The number of rotatable bonds is 3. The van der Waals surface area contributed by atoms with E-state index in [1.54, 1.807) is 0 Å². The molecule has 1 aliphatic heterocycles. The van der Waals surface area contributed by atoms with Crippen LogP contribution in [0, 0.1) is 5.92 Å². The molecule has 0 aromatic rings. The fourth-order valence-corrected chi connectivity index (χ4v) is 2.66. The van der Waals surface area contributed by atoms with Crippen LogP contribution in [0.1, 0.15) is 48.0 Å². The second-order valence-corrected chi connectivity index (χ2v) is 6.36. The summed E-state index contributed by atoms with van der Waals surface area (Å²) in [7, 11) is 0. The van der Waals surface area contributed by atoms with Crippen LogP contribution in [0.2, 0.25) is 0 Å². The van der Waals surface area contributed by atoms with Gasteiger partial charge in [-0.05, 0) is 53.5 Å². The Labute approximate surface area is 95.4 Å². The molecule has 1 heterocycles. The minimum atomic E-state index is 0.279. The van der Waals surface area contributed by atoms with Crippen LogP contribution in [0.15, 0.2) is 0 Å². The number of nitrogens with zero attached hydrogens (tertiary/aromatic N) is 1. The predicted molar refractivity (Wildman–Crippen MR) is 67.2 cm³/mol. The first-order valence-electron chi connectivity index (χ1n) is 6.31. The summed E-state index contributed by atoms with van der Waals surface area (Å²) in [6.45, 7) is 16.2. The van der Waals surface area contributed by atoms with E-state index in [9.17, 15) is 0 Å². The van der Waals surface area contributed by atoms with Crippen LogP contribution in [0.5, 0.6) is 0 Å². The maximum atomic E-state index is 3.62. The van der Waals surface area contributed by atoms with Crippen molar-refractivity contribution in [3.63, 3.8) is 0 Å². The van der Waals surface area contributed by atoms with Crippen LogP contribution in [0.25, 0.3) is 0 Å². The van der Waals surface area contributed by atoms with E-state index in [4.69, 9.17) is 0 Å². The number of hydrogen-bond donors (Lipinski definition) is 1. The van der Waals surface area contributed by atoms with E-state index in [1.807, 2.05) is 0 Å². The lowest BCUT2D eigenvalue weighted by atomic mass is 10.0. The van der Waals surface area contributed by atoms with Crippen LogP contribution in [-0.2, 0) is 0 Å². The molecule has 2 unspecified atom stereocenters. The summed E-state index contributed by atoms with van der Waals surface area (Å²) >= 11 is 0. The zero-order chi connectivity index (χ0) is 11.6. The van der Waals surface area contributed by atoms with Crippen molar-refractivity contribution in [2.75, 3.05) is 13.1 Å². The van der Waals surface area contributed by atoms with Gasteiger partial charge in [0.15, 0.2) is 0 Å². The Kier molecular flexibility index (Phi) is 4.19. The van der Waals surface area contributed by atoms with Crippen molar-refractivity contribution in [3.05, 3.63) is 0 Å². The Balaban J connectivity index is 2.52. The van der Waals surface area contributed by atoms with Gasteiger partial charge < -0.3 is 5.32 Å². The lowest BCUT2D eigenvalue weighted by molar-refractivity contribution is 0.0881. The van der Waals surface area contributed by atoms with Crippen molar-refractivity contribution < 1.29 is 0 Å². The molecule has 0 aliphatic carbocycles. The van der Waals surface area contributed by atoms with E-state index < -0.39 is 0 Å². The van der Waals surface area contributed by atoms with Gasteiger partial charge in [0.1, 0.15) is 0 Å². The Hall–Kier alpha value is -0.0800. The van der Waals surface area contributed by atoms with Gasteiger partial charge in [-0.3, -0.25) is 4.90 Å². The average Bonchev–Trinajstić information content (AvgIpc) is 2.44. The Bertz CT molecular complexity index is 193. The van der Waals surface area contributed by atoms with Gasteiger partial charge in [-0.25, -0.2) is 0 Å². The molecule has 0 aromatic carbocycles. The molecule has 1 saturated heterocycles. The third-order valence-corrected chi connectivity index (χ3v) is 3.34. The average molecular weight is 212 g/mol. The van der Waals surface area contributed by atoms with Crippen LogP contribution in [0.4, 0.5) is 0 Å². The molecule has 1 rings (SSSR count). The van der Waals surface area contributed by atoms with E-state index >= 15 is 0 Å². The molecule has 2 atom stereocenters. The molecule has 1 fully saturated rings. The molecule has 2 nitrogen and oxygen atoms in total. The van der Waals surface area contributed by atoms with Crippen molar-refractivity contribution in [1.82, 2.24) is 10.2 Å². The highest BCUT2D eigenvalue weighted by atomic mass is 15.2. The topological polar surface area (TPSA) is 15.3 Å². The van der Waals surface area contributed by atoms with Crippen molar-refractivity contribution in [2.45, 2.75) is 65.6 Å². The van der Waals surface area contributed by atoms with Crippen LogP contribution in [-0.4, -0.2) is 35.6 Å². The Morgan fingerprint density at radius 3 is 2.27 bits per heavy atom. The molecular weight excluding hydrogens is 184 g/mol. The van der Waals surface area contributed by atoms with Gasteiger partial charge in [0, 0.05) is 24.2 Å². The molecule has 0 amide bonds. The molecule has 15 heavy (non-hydrogen) atoms. The zero-order valence-corrected chi connectivity index (χ0v) is 11.3. The fourth-order valence-electron chi connectivity index (χ4n) is 2.66. The number of nitrogens with one attached hydrogen (secondary N) is 1. The summed E-state index contributed by atoms with van der Waals surface area (Å²) in [6, 6.07) is 1.32. The highest BCUT2D eigenvalue weighted by Crippen LogP contribution is 2.21. The van der Waals surface area contributed by atoms with Gasteiger partial charge in [0.2, 0.25) is 0 Å². The third kappa shape index (κ3) is 3.76. The maximum Gasteiger partial charge on any atom is 0.0198 e. The largest absolute Gasteiger partial charge is 0.312 e. The van der Waals surface area contributed by atoms with Crippen molar-refractivity contribution in [3.8, 4) is 0 Å². The highest BCUT2D eigenvalue weighted by Gasteiger charge is 2.29. The van der Waals surface area contributed by atoms with E-state index in [-0.39, 0.29) is 5.54 Å². The highest BCUT2D eigenvalue weighted by molar-refractivity contribution is 4.87. The van der Waals surface area contributed by atoms with E-state index in [0.717, 1.165) is 5.92 Å². The van der Waals surface area contributed by atoms with E-state index in [0.29, 0.717) is 12.1 Å². The summed E-state index contributed by atoms with van der Waals surface area (Å²) in [5.74, 6) is 0.851. The molecule has 1 aliphatic rings. The van der Waals surface area contributed by atoms with Gasteiger partial charge in [-0.2, -0.15) is 0 Å². The molecule has 0 radical (unpaired) electrons. The summed E-state index contributed by atoms with van der Waals surface area (Å²) < 4.78 is 0. The van der Waals surface area contributed by atoms with E-state index in [2.05, 4.69) is 51.8 Å². The molecule has 0 saturated carbocycles. The van der Waals surface area contributed by atoms with Crippen molar-refractivity contribution in [1.29, 1.82) is 0 Å². The van der Waals surface area contributed by atoms with Gasteiger partial charge in [0.25, 0.3) is 0 Å². The zero-order valence-electron chi connectivity index (χ0n) is 11.3. The molecule has 2 heteroatoms. The maximum absolute atomic E-state index is 3.62. The normalized spacial score (nSPS) is 28.0. The van der Waals surface area contributed by atoms with Gasteiger partial charge in [0.05, 0.1) is 0 Å². The molecule has 1 N–H and O–H groups in total. The standard InChI is InChI=1S/C13H28N2/c1-10(2)15(13(4,5)6)9-12-7-11(3)8-14-12/h10-12,14H,7-9H2,1-6H3. The SMILES string of the molecule is CC1CNC(CN(C(C)C)C(C)(C)C)C1. The van der Waals surface area contributed by atoms with Gasteiger partial charge >= 0.3 is 0 Å². The first-order valence-corrected chi connectivity index (χ1v) is 6.31. The van der Waals surface area contributed by atoms with Crippen LogP contribution >= 0.6 is 0 Å². The summed E-state index contributed by atoms with van der Waals surface area (Å²) in [5, 5.41) is 3.62. The summed E-state index contributed by atoms with van der Waals surface area (Å²) in [4.78, 5) is 2.60. The summed E-state index contributed by atoms with van der Waals surface area (Å²) in [6.07, 6.45) is 1.33. The number of hydrogen-bond acceptors (Lipinski definition) is 2. The molecule has 0 aromatic heterocycles. The smallest absolute Gasteiger partial charge is 0.0198 e. The monoisotopic (exact) mass is 212 g/mol. The molecule has 90 valence electrons.